The van der Waals surface area contributed by atoms with Crippen LogP contribution >= 0.6 is 11.6 Å². The van der Waals surface area contributed by atoms with E-state index in [0.717, 1.165) is 0 Å². The van der Waals surface area contributed by atoms with E-state index in [1.165, 1.54) is 30.5 Å². The number of hydrogen-bond donors (Lipinski definition) is 3. The summed E-state index contributed by atoms with van der Waals surface area (Å²) >= 11 is 4.74. The molecule has 11 heteroatoms. The van der Waals surface area contributed by atoms with Crippen LogP contribution in [0.1, 0.15) is 16.8 Å². The number of β-amino-alcohol motifs (C(OH)–C–C–N with tert-alkyl or cyclic N) is 1. The van der Waals surface area contributed by atoms with Crippen molar-refractivity contribution in [1.82, 2.24) is 15.2 Å². The first-order valence-corrected chi connectivity index (χ1v) is 9.76. The molecule has 31 heavy (non-hydrogen) atoms. The number of aromatic nitrogens is 3. The number of aliphatic hydroxyl groups is 1. The highest BCUT2D eigenvalue weighted by atomic mass is 35.5. The Morgan fingerprint density at radius 1 is 1.32 bits per heavy atom. The summed E-state index contributed by atoms with van der Waals surface area (Å²) in [5, 5.41) is 19.4. The molecule has 0 saturated carbocycles. The summed E-state index contributed by atoms with van der Waals surface area (Å²) in [5.74, 6) is 0.0665. The van der Waals surface area contributed by atoms with Crippen molar-refractivity contribution in [2.75, 3.05) is 23.3 Å². The van der Waals surface area contributed by atoms with Gasteiger partial charge in [0.15, 0.2) is 0 Å². The van der Waals surface area contributed by atoms with Gasteiger partial charge in [-0.2, -0.15) is 5.10 Å². The van der Waals surface area contributed by atoms with Crippen molar-refractivity contribution >= 4 is 29.0 Å². The summed E-state index contributed by atoms with van der Waals surface area (Å²) in [5.41, 5.74) is -1.78. The third kappa shape index (κ3) is 5.09. The molecule has 1 amide bonds. The first-order chi connectivity index (χ1) is 14.8. The van der Waals surface area contributed by atoms with Crippen LogP contribution in [0.25, 0.3) is 11.3 Å². The third-order valence-electron chi connectivity index (χ3n) is 4.73. The summed E-state index contributed by atoms with van der Waals surface area (Å²) in [4.78, 5) is 19.1. The van der Waals surface area contributed by atoms with E-state index in [2.05, 4.69) is 25.2 Å². The average molecular weight is 450 g/mol. The molecular formula is C20H18ClF2N5O3. The maximum absolute atomic E-state index is 12.7. The quantitative estimate of drug-likeness (QED) is 0.498. The lowest BCUT2D eigenvalue weighted by molar-refractivity contribution is -0.0964. The molecule has 0 unspecified atom stereocenters. The molecule has 0 spiro atoms. The van der Waals surface area contributed by atoms with Gasteiger partial charge in [-0.25, -0.2) is 4.98 Å². The van der Waals surface area contributed by atoms with Crippen LogP contribution in [-0.4, -0.2) is 51.0 Å². The van der Waals surface area contributed by atoms with Crippen LogP contribution in [0.4, 0.5) is 20.3 Å². The standard InChI is InChI=1S/C20H18ClF2N5O3/c21-20(22,23)31-15-3-1-13(2-4-15)26-19(30)12-9-16(17-5-7-25-27-17)18(24-10-12)28-8-6-14(29)11-28/h1-5,7,9-10,14,29H,6,8,11H2,(H,25,27)(H,26,30)/t14-/m0/s1. The number of hydrogen-bond acceptors (Lipinski definition) is 6. The minimum atomic E-state index is -3.81. The molecule has 1 fully saturated rings. The predicted molar refractivity (Wildman–Crippen MR) is 110 cm³/mol. The number of ether oxygens (including phenoxy) is 1. The van der Waals surface area contributed by atoms with Crippen LogP contribution in [0.3, 0.4) is 0 Å². The van der Waals surface area contributed by atoms with Gasteiger partial charge in [-0.3, -0.25) is 9.89 Å². The molecule has 162 valence electrons. The highest BCUT2D eigenvalue weighted by Crippen LogP contribution is 2.31. The first kappa shape index (κ1) is 21.0. The number of nitrogens with zero attached hydrogens (tertiary/aromatic N) is 3. The van der Waals surface area contributed by atoms with E-state index < -0.39 is 17.6 Å². The lowest BCUT2D eigenvalue weighted by Gasteiger charge is -2.20. The Kier molecular flexibility index (Phi) is 5.75. The predicted octanol–water partition coefficient (Wildman–Crippen LogP) is 3.46. The first-order valence-electron chi connectivity index (χ1n) is 9.38. The number of amides is 1. The van der Waals surface area contributed by atoms with Gasteiger partial charge in [-0.15, -0.1) is 8.78 Å². The smallest absolute Gasteiger partial charge is 0.420 e. The van der Waals surface area contributed by atoms with Gasteiger partial charge in [0.05, 0.1) is 17.4 Å². The van der Waals surface area contributed by atoms with Gasteiger partial charge < -0.3 is 20.1 Å². The van der Waals surface area contributed by atoms with Crippen LogP contribution in [0.15, 0.2) is 48.8 Å². The largest absolute Gasteiger partial charge is 0.487 e. The van der Waals surface area contributed by atoms with Crippen LogP contribution in [-0.2, 0) is 0 Å². The van der Waals surface area contributed by atoms with E-state index in [1.54, 1.807) is 18.3 Å². The van der Waals surface area contributed by atoms with Crippen molar-refractivity contribution in [2.24, 2.45) is 0 Å². The number of H-pyrrole nitrogens is 1. The van der Waals surface area contributed by atoms with Gasteiger partial charge >= 0.3 is 5.57 Å². The van der Waals surface area contributed by atoms with E-state index >= 15 is 0 Å². The molecule has 0 aliphatic carbocycles. The minimum absolute atomic E-state index is 0.140. The van der Waals surface area contributed by atoms with E-state index in [-0.39, 0.29) is 5.75 Å². The second kappa shape index (κ2) is 8.48. The van der Waals surface area contributed by atoms with Gasteiger partial charge in [0.1, 0.15) is 11.6 Å². The van der Waals surface area contributed by atoms with Crippen molar-refractivity contribution in [1.29, 1.82) is 0 Å². The summed E-state index contributed by atoms with van der Waals surface area (Å²) in [6.45, 7) is 1.10. The average Bonchev–Trinajstić information content (AvgIpc) is 3.40. The number of rotatable bonds is 6. The number of anilines is 2. The van der Waals surface area contributed by atoms with Crippen molar-refractivity contribution in [2.45, 2.75) is 18.1 Å². The maximum atomic E-state index is 12.7. The lowest BCUT2D eigenvalue weighted by Crippen LogP contribution is -2.23. The van der Waals surface area contributed by atoms with E-state index in [1.807, 2.05) is 4.90 Å². The minimum Gasteiger partial charge on any atom is -0.420 e. The van der Waals surface area contributed by atoms with Gasteiger partial charge in [0.25, 0.3) is 5.91 Å². The number of halogens is 3. The fourth-order valence-corrected chi connectivity index (χ4v) is 3.40. The van der Waals surface area contributed by atoms with Crippen molar-refractivity contribution in [3.8, 4) is 17.0 Å². The van der Waals surface area contributed by atoms with Crippen LogP contribution in [0.2, 0.25) is 0 Å². The summed E-state index contributed by atoms with van der Waals surface area (Å²) in [6.07, 6.45) is 3.26. The Labute approximate surface area is 180 Å². The normalized spacial score (nSPS) is 16.4. The summed E-state index contributed by atoms with van der Waals surface area (Å²) < 4.78 is 29.7. The molecule has 1 atom stereocenters. The molecule has 3 N–H and O–H groups in total. The Balaban J connectivity index is 1.55. The second-order valence-corrected chi connectivity index (χ2v) is 7.42. The van der Waals surface area contributed by atoms with Gasteiger partial charge in [-0.05, 0) is 42.8 Å². The zero-order valence-electron chi connectivity index (χ0n) is 16.1. The number of nitrogens with one attached hydrogen (secondary N) is 2. The monoisotopic (exact) mass is 449 g/mol. The molecule has 1 saturated heterocycles. The zero-order chi connectivity index (χ0) is 22.0. The van der Waals surface area contributed by atoms with Crippen LogP contribution in [0, 0.1) is 0 Å². The number of benzene rings is 1. The van der Waals surface area contributed by atoms with E-state index in [4.69, 9.17) is 11.6 Å². The number of pyridine rings is 1. The summed E-state index contributed by atoms with van der Waals surface area (Å²) in [6, 6.07) is 8.81. The maximum Gasteiger partial charge on any atom is 0.487 e. The third-order valence-corrected chi connectivity index (χ3v) is 4.81. The molecule has 3 heterocycles. The number of carbonyl (C=O) groups is 1. The zero-order valence-corrected chi connectivity index (χ0v) is 16.8. The number of aromatic amines is 1. The van der Waals surface area contributed by atoms with Crippen molar-refractivity contribution in [3.63, 3.8) is 0 Å². The molecule has 1 aromatic carbocycles. The number of aliphatic hydroxyl groups excluding tert-OH is 1. The van der Waals surface area contributed by atoms with Crippen LogP contribution < -0.4 is 15.0 Å². The topological polar surface area (TPSA) is 103 Å². The highest BCUT2D eigenvalue weighted by Gasteiger charge is 2.27. The Hall–Kier alpha value is -3.24. The Morgan fingerprint density at radius 2 is 2.10 bits per heavy atom. The molecule has 0 bridgehead atoms. The fraction of sp³-hybridized carbons (Fsp3) is 0.250. The molecule has 3 aromatic rings. The van der Waals surface area contributed by atoms with Gasteiger partial charge in [0, 0.05) is 48.3 Å². The molecule has 8 nitrogen and oxygen atoms in total. The molecule has 2 aromatic heterocycles. The Bertz CT molecular complexity index is 1060. The van der Waals surface area contributed by atoms with Gasteiger partial charge in [0.2, 0.25) is 0 Å². The molecule has 4 rings (SSSR count). The second-order valence-electron chi connectivity index (χ2n) is 6.98. The van der Waals surface area contributed by atoms with E-state index in [9.17, 15) is 18.7 Å². The lowest BCUT2D eigenvalue weighted by atomic mass is 10.1. The van der Waals surface area contributed by atoms with Gasteiger partial charge in [-0.1, -0.05) is 0 Å². The number of carbonyl (C=O) groups excluding carboxylic acids is 1. The molecular weight excluding hydrogens is 432 g/mol. The van der Waals surface area contributed by atoms with E-state index in [0.29, 0.717) is 47.8 Å². The van der Waals surface area contributed by atoms with Crippen LogP contribution in [0.5, 0.6) is 5.75 Å². The van der Waals surface area contributed by atoms with Crippen molar-refractivity contribution < 1.29 is 23.4 Å². The Morgan fingerprint density at radius 3 is 2.71 bits per heavy atom. The van der Waals surface area contributed by atoms with Crippen molar-refractivity contribution in [3.05, 3.63) is 54.4 Å². The highest BCUT2D eigenvalue weighted by molar-refractivity contribution is 6.20. The summed E-state index contributed by atoms with van der Waals surface area (Å²) in [7, 11) is 0. The fourth-order valence-electron chi connectivity index (χ4n) is 3.32. The molecule has 1 aliphatic rings. The number of alkyl halides is 3. The molecule has 0 radical (unpaired) electrons. The SMILES string of the molecule is O=C(Nc1ccc(OC(F)(F)Cl)cc1)c1cnc(N2CC[C@H](O)C2)c(-c2ccn[nH]2)c1. The molecule has 1 aliphatic heterocycles.